The van der Waals surface area contributed by atoms with Gasteiger partial charge in [0, 0.05) is 23.1 Å². The number of benzene rings is 1. The van der Waals surface area contributed by atoms with E-state index in [0.717, 1.165) is 23.9 Å². The molecule has 106 valence electrons. The first-order valence-electron chi connectivity index (χ1n) is 7.23. The summed E-state index contributed by atoms with van der Waals surface area (Å²) < 4.78 is 0. The van der Waals surface area contributed by atoms with Crippen molar-refractivity contribution in [3.63, 3.8) is 0 Å². The molecule has 0 saturated heterocycles. The maximum atomic E-state index is 6.14. The van der Waals surface area contributed by atoms with Gasteiger partial charge in [0.1, 0.15) is 0 Å². The van der Waals surface area contributed by atoms with Crippen LogP contribution in [-0.2, 0) is 0 Å². The molecule has 1 aliphatic rings. The molecule has 2 atom stereocenters. The zero-order valence-corrected chi connectivity index (χ0v) is 13.0. The second-order valence-electron chi connectivity index (χ2n) is 5.78. The van der Waals surface area contributed by atoms with E-state index >= 15 is 0 Å². The molecule has 1 aromatic rings. The molecule has 0 aliphatic heterocycles. The second-order valence-corrected chi connectivity index (χ2v) is 6.21. The van der Waals surface area contributed by atoms with Crippen LogP contribution in [-0.4, -0.2) is 24.0 Å². The van der Waals surface area contributed by atoms with Gasteiger partial charge >= 0.3 is 0 Å². The minimum absolute atomic E-state index is 0.141. The molecule has 0 amide bonds. The summed E-state index contributed by atoms with van der Waals surface area (Å²) in [5.74, 6) is 0.758. The lowest BCUT2D eigenvalue weighted by atomic mass is 9.86. The van der Waals surface area contributed by atoms with Crippen molar-refractivity contribution in [1.29, 1.82) is 0 Å². The number of hydrogen-bond acceptors (Lipinski definition) is 2. The molecule has 0 bridgehead atoms. The van der Waals surface area contributed by atoms with Crippen molar-refractivity contribution < 1.29 is 0 Å². The predicted octanol–water partition coefficient (Wildman–Crippen LogP) is 3.85. The van der Waals surface area contributed by atoms with Gasteiger partial charge in [-0.05, 0) is 56.8 Å². The molecule has 2 unspecified atom stereocenters. The third-order valence-corrected chi connectivity index (χ3v) is 5.15. The summed E-state index contributed by atoms with van der Waals surface area (Å²) in [6, 6.07) is 8.50. The Morgan fingerprint density at radius 3 is 2.63 bits per heavy atom. The largest absolute Gasteiger partial charge is 0.329 e. The molecule has 0 spiro atoms. The van der Waals surface area contributed by atoms with E-state index < -0.39 is 0 Å². The molecule has 0 aromatic heterocycles. The van der Waals surface area contributed by atoms with E-state index in [4.69, 9.17) is 17.3 Å². The SMILES string of the molecule is CCC(CN)(C1CC1)N(C)C(C)c1cccc(Cl)c1. The summed E-state index contributed by atoms with van der Waals surface area (Å²) >= 11 is 6.11. The molecule has 0 heterocycles. The lowest BCUT2D eigenvalue weighted by Crippen LogP contribution is -2.54. The fourth-order valence-corrected chi connectivity index (χ4v) is 3.48. The van der Waals surface area contributed by atoms with E-state index in [9.17, 15) is 0 Å². The summed E-state index contributed by atoms with van der Waals surface area (Å²) in [4.78, 5) is 2.47. The van der Waals surface area contributed by atoms with Gasteiger partial charge in [0.25, 0.3) is 0 Å². The van der Waals surface area contributed by atoms with E-state index in [1.165, 1.54) is 18.4 Å². The molecule has 3 heteroatoms. The van der Waals surface area contributed by atoms with E-state index in [2.05, 4.69) is 37.9 Å². The van der Waals surface area contributed by atoms with Gasteiger partial charge in [0.05, 0.1) is 0 Å². The molecule has 0 radical (unpaired) electrons. The Bertz CT molecular complexity index is 425. The van der Waals surface area contributed by atoms with Crippen LogP contribution >= 0.6 is 11.6 Å². The first-order valence-corrected chi connectivity index (χ1v) is 7.61. The molecular formula is C16H25ClN2. The Labute approximate surface area is 121 Å². The van der Waals surface area contributed by atoms with Gasteiger partial charge in [-0.1, -0.05) is 30.7 Å². The molecule has 1 aromatic carbocycles. The van der Waals surface area contributed by atoms with Crippen LogP contribution < -0.4 is 5.73 Å². The Morgan fingerprint density at radius 2 is 2.16 bits per heavy atom. The van der Waals surface area contributed by atoms with Gasteiger partial charge in [0.15, 0.2) is 0 Å². The Morgan fingerprint density at radius 1 is 1.47 bits per heavy atom. The van der Waals surface area contributed by atoms with Crippen molar-refractivity contribution in [2.75, 3.05) is 13.6 Å². The standard InChI is InChI=1S/C16H25ClN2/c1-4-16(11-18,14-8-9-14)19(3)12(2)13-6-5-7-15(17)10-13/h5-7,10,12,14H,4,8-9,11,18H2,1-3H3. The van der Waals surface area contributed by atoms with Gasteiger partial charge in [-0.15, -0.1) is 0 Å². The second kappa shape index (κ2) is 5.82. The monoisotopic (exact) mass is 280 g/mol. The van der Waals surface area contributed by atoms with Gasteiger partial charge in [-0.3, -0.25) is 4.90 Å². The highest BCUT2D eigenvalue weighted by molar-refractivity contribution is 6.30. The topological polar surface area (TPSA) is 29.3 Å². The third kappa shape index (κ3) is 2.81. The Balaban J connectivity index is 2.24. The molecule has 2 nitrogen and oxygen atoms in total. The summed E-state index contributed by atoms with van der Waals surface area (Å²) in [5, 5.41) is 0.805. The molecule has 1 fully saturated rings. The Kier molecular flexibility index (Phi) is 4.54. The first kappa shape index (κ1) is 14.8. The minimum atomic E-state index is 0.141. The lowest BCUT2D eigenvalue weighted by molar-refractivity contribution is 0.0595. The van der Waals surface area contributed by atoms with Crippen LogP contribution in [0.3, 0.4) is 0 Å². The van der Waals surface area contributed by atoms with Crippen LogP contribution in [0.5, 0.6) is 0 Å². The number of halogens is 1. The van der Waals surface area contributed by atoms with Crippen LogP contribution in [0.25, 0.3) is 0 Å². The highest BCUT2D eigenvalue weighted by Gasteiger charge is 2.47. The van der Waals surface area contributed by atoms with Crippen LogP contribution in [0, 0.1) is 5.92 Å². The first-order chi connectivity index (χ1) is 9.05. The number of rotatable bonds is 6. The summed E-state index contributed by atoms with van der Waals surface area (Å²) in [5.41, 5.74) is 7.54. The van der Waals surface area contributed by atoms with Crippen molar-refractivity contribution in [3.8, 4) is 0 Å². The van der Waals surface area contributed by atoms with Crippen molar-refractivity contribution >= 4 is 11.6 Å². The van der Waals surface area contributed by atoms with Gasteiger partial charge in [0.2, 0.25) is 0 Å². The van der Waals surface area contributed by atoms with Gasteiger partial charge < -0.3 is 5.73 Å². The summed E-state index contributed by atoms with van der Waals surface area (Å²) in [7, 11) is 2.21. The smallest absolute Gasteiger partial charge is 0.0409 e. The molecule has 19 heavy (non-hydrogen) atoms. The highest BCUT2D eigenvalue weighted by Crippen LogP contribution is 2.46. The van der Waals surface area contributed by atoms with Gasteiger partial charge in [-0.2, -0.15) is 0 Å². The van der Waals surface area contributed by atoms with Crippen LogP contribution in [0.1, 0.15) is 44.7 Å². The van der Waals surface area contributed by atoms with E-state index in [1.807, 2.05) is 12.1 Å². The van der Waals surface area contributed by atoms with Crippen molar-refractivity contribution in [1.82, 2.24) is 4.90 Å². The summed E-state index contributed by atoms with van der Waals surface area (Å²) in [6.07, 6.45) is 3.74. The quantitative estimate of drug-likeness (QED) is 0.858. The average Bonchev–Trinajstić information content (AvgIpc) is 3.25. The predicted molar refractivity (Wildman–Crippen MR) is 82.4 cm³/mol. The van der Waals surface area contributed by atoms with Crippen LogP contribution in [0.2, 0.25) is 5.02 Å². The number of nitrogens with zero attached hydrogens (tertiary/aromatic N) is 1. The lowest BCUT2D eigenvalue weighted by Gasteiger charge is -2.45. The summed E-state index contributed by atoms with van der Waals surface area (Å²) in [6.45, 7) is 5.23. The number of likely N-dealkylation sites (N-methyl/N-ethyl adjacent to an activating group) is 1. The van der Waals surface area contributed by atoms with Crippen molar-refractivity contribution in [2.24, 2.45) is 11.7 Å². The van der Waals surface area contributed by atoms with E-state index in [1.54, 1.807) is 0 Å². The van der Waals surface area contributed by atoms with Crippen molar-refractivity contribution in [2.45, 2.75) is 44.7 Å². The number of hydrogen-bond donors (Lipinski definition) is 1. The minimum Gasteiger partial charge on any atom is -0.329 e. The molecule has 1 saturated carbocycles. The van der Waals surface area contributed by atoms with Crippen LogP contribution in [0.15, 0.2) is 24.3 Å². The molecule has 2 rings (SSSR count). The molecule has 1 aliphatic carbocycles. The third-order valence-electron chi connectivity index (χ3n) is 4.92. The molecular weight excluding hydrogens is 256 g/mol. The fourth-order valence-electron chi connectivity index (χ4n) is 3.28. The van der Waals surface area contributed by atoms with E-state index in [-0.39, 0.29) is 5.54 Å². The van der Waals surface area contributed by atoms with E-state index in [0.29, 0.717) is 6.04 Å². The average molecular weight is 281 g/mol. The van der Waals surface area contributed by atoms with Gasteiger partial charge in [-0.25, -0.2) is 0 Å². The van der Waals surface area contributed by atoms with Crippen LogP contribution in [0.4, 0.5) is 0 Å². The zero-order chi connectivity index (χ0) is 14.0. The normalized spacial score (nSPS) is 20.3. The van der Waals surface area contributed by atoms with Crippen molar-refractivity contribution in [3.05, 3.63) is 34.9 Å². The maximum absolute atomic E-state index is 6.14. The zero-order valence-electron chi connectivity index (χ0n) is 12.2. The highest BCUT2D eigenvalue weighted by atomic mass is 35.5. The maximum Gasteiger partial charge on any atom is 0.0409 e. The fraction of sp³-hybridized carbons (Fsp3) is 0.625. The Hall–Kier alpha value is -0.570. The number of nitrogens with two attached hydrogens (primary N) is 1. The molecule has 2 N–H and O–H groups in total.